The lowest BCUT2D eigenvalue weighted by Gasteiger charge is -2.08. The van der Waals surface area contributed by atoms with Crippen molar-refractivity contribution in [3.05, 3.63) is 53.9 Å². The number of hydrogen-bond donors (Lipinski definition) is 2. The Kier molecular flexibility index (Phi) is 4.78. The van der Waals surface area contributed by atoms with Crippen molar-refractivity contribution in [2.45, 2.75) is 13.2 Å². The van der Waals surface area contributed by atoms with E-state index in [2.05, 4.69) is 15.0 Å². The molecule has 0 aliphatic carbocycles. The zero-order valence-electron chi connectivity index (χ0n) is 10.9. The maximum Gasteiger partial charge on any atom is 0.387 e. The van der Waals surface area contributed by atoms with Crippen LogP contribution in [0.4, 0.5) is 14.5 Å². The topological polar surface area (TPSA) is 77.2 Å². The number of nitrogens with one attached hydrogen (secondary N) is 1. The highest BCUT2D eigenvalue weighted by Gasteiger charge is 2.08. The highest BCUT2D eigenvalue weighted by atomic mass is 19.3. The first kappa shape index (κ1) is 14.9. The molecule has 2 rings (SSSR count). The van der Waals surface area contributed by atoms with Crippen LogP contribution in [-0.4, -0.2) is 17.5 Å². The number of carbonyl (C=O) groups is 1. The van der Waals surface area contributed by atoms with Gasteiger partial charge in [-0.25, -0.2) is 0 Å². The van der Waals surface area contributed by atoms with Crippen molar-refractivity contribution in [3.8, 4) is 5.75 Å². The maximum absolute atomic E-state index is 12.0. The Morgan fingerprint density at radius 2 is 2.00 bits per heavy atom. The number of hydrogen-bond acceptors (Lipinski definition) is 4. The molecule has 0 aliphatic heterocycles. The molecule has 0 atom stereocenters. The molecule has 0 fully saturated rings. The number of benzene rings is 1. The van der Waals surface area contributed by atoms with Gasteiger partial charge in [0.05, 0.1) is 5.69 Å². The lowest BCUT2D eigenvalue weighted by molar-refractivity contribution is -0.0498. The highest BCUT2D eigenvalue weighted by Crippen LogP contribution is 2.18. The number of carbonyl (C=O) groups excluding carboxylic acids is 1. The summed E-state index contributed by atoms with van der Waals surface area (Å²) in [4.78, 5) is 16.0. The summed E-state index contributed by atoms with van der Waals surface area (Å²) in [5.74, 6) is -0.313. The summed E-state index contributed by atoms with van der Waals surface area (Å²) in [7, 11) is 0. The molecule has 21 heavy (non-hydrogen) atoms. The fourth-order valence-electron chi connectivity index (χ4n) is 1.65. The van der Waals surface area contributed by atoms with Gasteiger partial charge in [0.15, 0.2) is 0 Å². The smallest absolute Gasteiger partial charge is 0.387 e. The van der Waals surface area contributed by atoms with Crippen LogP contribution in [0.15, 0.2) is 42.6 Å². The predicted molar refractivity (Wildman–Crippen MR) is 73.2 cm³/mol. The van der Waals surface area contributed by atoms with E-state index in [0.29, 0.717) is 16.9 Å². The molecule has 110 valence electrons. The predicted octanol–water partition coefficient (Wildman–Crippen LogP) is 2.39. The fraction of sp³-hybridized carbons (Fsp3) is 0.143. The zero-order valence-corrected chi connectivity index (χ0v) is 10.9. The van der Waals surface area contributed by atoms with Crippen LogP contribution in [0, 0.1) is 0 Å². The van der Waals surface area contributed by atoms with Gasteiger partial charge in [0, 0.05) is 24.0 Å². The van der Waals surface area contributed by atoms with E-state index in [9.17, 15) is 13.6 Å². The van der Waals surface area contributed by atoms with Crippen LogP contribution in [0.1, 0.15) is 16.1 Å². The highest BCUT2D eigenvalue weighted by molar-refractivity contribution is 6.04. The van der Waals surface area contributed by atoms with Gasteiger partial charge < -0.3 is 15.8 Å². The van der Waals surface area contributed by atoms with Gasteiger partial charge in [-0.2, -0.15) is 8.78 Å². The first-order valence-electron chi connectivity index (χ1n) is 6.09. The molecule has 0 saturated carbocycles. The molecule has 0 radical (unpaired) electrons. The largest absolute Gasteiger partial charge is 0.435 e. The van der Waals surface area contributed by atoms with Gasteiger partial charge in [-0.1, -0.05) is 0 Å². The SMILES string of the molecule is NCc1cc(C(=O)Nc2ccc(OC(F)F)cc2)ccn1. The third-order valence-corrected chi connectivity index (χ3v) is 2.63. The summed E-state index contributed by atoms with van der Waals surface area (Å²) in [5, 5.41) is 2.64. The first-order valence-corrected chi connectivity index (χ1v) is 6.09. The number of rotatable bonds is 5. The molecule has 0 spiro atoms. The van der Waals surface area contributed by atoms with Gasteiger partial charge in [-0.15, -0.1) is 0 Å². The molecule has 0 unspecified atom stereocenters. The number of nitrogens with two attached hydrogens (primary N) is 1. The van der Waals surface area contributed by atoms with Crippen LogP contribution in [0.25, 0.3) is 0 Å². The molecular formula is C14H13F2N3O2. The van der Waals surface area contributed by atoms with E-state index in [-0.39, 0.29) is 18.2 Å². The number of amides is 1. The molecule has 0 aliphatic rings. The van der Waals surface area contributed by atoms with Crippen molar-refractivity contribution < 1.29 is 18.3 Å². The van der Waals surface area contributed by atoms with E-state index < -0.39 is 6.61 Å². The van der Waals surface area contributed by atoms with Crippen LogP contribution in [-0.2, 0) is 6.54 Å². The molecular weight excluding hydrogens is 280 g/mol. The molecule has 1 aromatic carbocycles. The summed E-state index contributed by atoms with van der Waals surface area (Å²) in [6.45, 7) is -2.64. The standard InChI is InChI=1S/C14H13F2N3O2/c15-14(16)21-12-3-1-10(2-4-12)19-13(20)9-5-6-18-11(7-9)8-17/h1-7,14H,8,17H2,(H,19,20). The summed E-state index contributed by atoms with van der Waals surface area (Å²) in [6.07, 6.45) is 1.50. The van der Waals surface area contributed by atoms with E-state index in [1.165, 1.54) is 30.5 Å². The Hall–Kier alpha value is -2.54. The summed E-state index contributed by atoms with van der Waals surface area (Å²) < 4.78 is 28.3. The quantitative estimate of drug-likeness (QED) is 0.887. The molecule has 2 aromatic rings. The van der Waals surface area contributed by atoms with Crippen LogP contribution < -0.4 is 15.8 Å². The van der Waals surface area contributed by atoms with E-state index in [1.807, 2.05) is 0 Å². The average molecular weight is 293 g/mol. The van der Waals surface area contributed by atoms with Gasteiger partial charge in [0.1, 0.15) is 5.75 Å². The Labute approximate surface area is 119 Å². The Morgan fingerprint density at radius 1 is 1.29 bits per heavy atom. The van der Waals surface area contributed by atoms with Crippen molar-refractivity contribution in [3.63, 3.8) is 0 Å². The number of alkyl halides is 2. The average Bonchev–Trinajstić information content (AvgIpc) is 2.49. The molecule has 1 heterocycles. The molecule has 7 heteroatoms. The summed E-state index contributed by atoms with van der Waals surface area (Å²) in [6, 6.07) is 8.78. The van der Waals surface area contributed by atoms with Gasteiger partial charge >= 0.3 is 6.61 Å². The Morgan fingerprint density at radius 3 is 2.62 bits per heavy atom. The van der Waals surface area contributed by atoms with Crippen LogP contribution in [0.2, 0.25) is 0 Å². The lowest BCUT2D eigenvalue weighted by atomic mass is 10.2. The van der Waals surface area contributed by atoms with Crippen LogP contribution in [0.5, 0.6) is 5.75 Å². The van der Waals surface area contributed by atoms with Gasteiger partial charge in [-0.05, 0) is 36.4 Å². The number of anilines is 1. The zero-order chi connectivity index (χ0) is 15.2. The minimum atomic E-state index is -2.88. The molecule has 0 saturated heterocycles. The van der Waals surface area contributed by atoms with E-state index in [1.54, 1.807) is 12.1 Å². The molecule has 5 nitrogen and oxygen atoms in total. The second-order valence-corrected chi connectivity index (χ2v) is 4.10. The number of nitrogens with zero attached hydrogens (tertiary/aromatic N) is 1. The minimum Gasteiger partial charge on any atom is -0.435 e. The fourth-order valence-corrected chi connectivity index (χ4v) is 1.65. The van der Waals surface area contributed by atoms with Crippen molar-refractivity contribution >= 4 is 11.6 Å². The van der Waals surface area contributed by atoms with E-state index in [0.717, 1.165) is 0 Å². The van der Waals surface area contributed by atoms with Crippen molar-refractivity contribution in [2.24, 2.45) is 5.73 Å². The van der Waals surface area contributed by atoms with Gasteiger partial charge in [0.2, 0.25) is 0 Å². The minimum absolute atomic E-state index is 0.0253. The summed E-state index contributed by atoms with van der Waals surface area (Å²) in [5.41, 5.74) is 6.94. The molecule has 3 N–H and O–H groups in total. The van der Waals surface area contributed by atoms with E-state index >= 15 is 0 Å². The third-order valence-electron chi connectivity index (χ3n) is 2.63. The van der Waals surface area contributed by atoms with Crippen molar-refractivity contribution in [1.29, 1.82) is 0 Å². The van der Waals surface area contributed by atoms with Crippen molar-refractivity contribution in [2.75, 3.05) is 5.32 Å². The Balaban J connectivity index is 2.05. The van der Waals surface area contributed by atoms with E-state index in [4.69, 9.17) is 5.73 Å². The second-order valence-electron chi connectivity index (χ2n) is 4.10. The maximum atomic E-state index is 12.0. The number of aromatic nitrogens is 1. The number of halogens is 2. The second kappa shape index (κ2) is 6.76. The molecule has 0 bridgehead atoms. The number of ether oxygens (including phenoxy) is 1. The molecule has 1 aromatic heterocycles. The van der Waals surface area contributed by atoms with Gasteiger partial charge in [0.25, 0.3) is 5.91 Å². The first-order chi connectivity index (χ1) is 10.1. The normalized spacial score (nSPS) is 10.5. The van der Waals surface area contributed by atoms with Crippen LogP contribution >= 0.6 is 0 Å². The Bertz CT molecular complexity index is 618. The number of pyridine rings is 1. The van der Waals surface area contributed by atoms with Crippen LogP contribution in [0.3, 0.4) is 0 Å². The lowest BCUT2D eigenvalue weighted by Crippen LogP contribution is -2.13. The molecule has 1 amide bonds. The van der Waals surface area contributed by atoms with Crippen molar-refractivity contribution in [1.82, 2.24) is 4.98 Å². The monoisotopic (exact) mass is 293 g/mol. The summed E-state index contributed by atoms with van der Waals surface area (Å²) >= 11 is 0. The third kappa shape index (κ3) is 4.22. The van der Waals surface area contributed by atoms with Gasteiger partial charge in [-0.3, -0.25) is 9.78 Å².